The molecule has 5 aromatic rings. The lowest BCUT2D eigenvalue weighted by Crippen LogP contribution is -2.06. The van der Waals surface area contributed by atoms with Gasteiger partial charge in [0.2, 0.25) is 0 Å². The van der Waals surface area contributed by atoms with Crippen molar-refractivity contribution in [1.82, 2.24) is 14.5 Å². The zero-order valence-electron chi connectivity index (χ0n) is 16.7. The molecule has 2 aromatic carbocycles. The van der Waals surface area contributed by atoms with Crippen molar-refractivity contribution in [2.45, 2.75) is 12.7 Å². The molecule has 8 heteroatoms. The van der Waals surface area contributed by atoms with Gasteiger partial charge in [-0.05, 0) is 35.2 Å². The maximum absolute atomic E-state index is 13.3. The Morgan fingerprint density at radius 2 is 1.78 bits per heavy atom. The van der Waals surface area contributed by atoms with Crippen LogP contribution in [0.25, 0.3) is 27.8 Å². The predicted molar refractivity (Wildman–Crippen MR) is 121 cm³/mol. The summed E-state index contributed by atoms with van der Waals surface area (Å²) in [6, 6.07) is 18.9. The number of alkyl halides is 3. The highest BCUT2D eigenvalue weighted by Crippen LogP contribution is 2.37. The predicted octanol–water partition coefficient (Wildman–Crippen LogP) is 6.78. The fraction of sp³-hybridized carbons (Fsp3) is 0.0833. The highest BCUT2D eigenvalue weighted by molar-refractivity contribution is 7.09. The van der Waals surface area contributed by atoms with Crippen molar-refractivity contribution in [3.05, 3.63) is 95.1 Å². The summed E-state index contributed by atoms with van der Waals surface area (Å²) < 4.78 is 41.7. The van der Waals surface area contributed by atoms with Crippen molar-refractivity contribution in [1.29, 1.82) is 0 Å². The summed E-state index contributed by atoms with van der Waals surface area (Å²) in [4.78, 5) is 10.0. The average molecular weight is 450 g/mol. The minimum atomic E-state index is -4.43. The Hall–Kier alpha value is -3.65. The number of fused-ring (bicyclic) bond motifs is 1. The molecule has 3 aromatic heterocycles. The van der Waals surface area contributed by atoms with Gasteiger partial charge in [0, 0.05) is 22.3 Å². The third-order valence-corrected chi connectivity index (χ3v) is 6.01. The fourth-order valence-corrected chi connectivity index (χ4v) is 4.29. The van der Waals surface area contributed by atoms with E-state index in [-0.39, 0.29) is 0 Å². The number of nitrogens with one attached hydrogen (secondary N) is 1. The van der Waals surface area contributed by atoms with Gasteiger partial charge in [0.05, 0.1) is 17.5 Å². The van der Waals surface area contributed by atoms with Crippen molar-refractivity contribution in [2.75, 3.05) is 5.32 Å². The van der Waals surface area contributed by atoms with E-state index in [4.69, 9.17) is 0 Å². The molecule has 4 nitrogen and oxygen atoms in total. The maximum atomic E-state index is 13.3. The molecular formula is C24H17F3N4S. The molecule has 0 aliphatic carbocycles. The van der Waals surface area contributed by atoms with Crippen LogP contribution in [-0.2, 0) is 12.7 Å². The number of rotatable bonds is 5. The highest BCUT2D eigenvalue weighted by atomic mass is 32.1. The third kappa shape index (κ3) is 3.85. The van der Waals surface area contributed by atoms with Crippen LogP contribution in [0.3, 0.4) is 0 Å². The molecule has 0 fully saturated rings. The molecule has 0 aliphatic heterocycles. The molecule has 0 aliphatic rings. The summed E-state index contributed by atoms with van der Waals surface area (Å²) in [7, 11) is 0. The smallest absolute Gasteiger partial charge is 0.364 e. The first-order valence-corrected chi connectivity index (χ1v) is 10.7. The van der Waals surface area contributed by atoms with E-state index in [1.165, 1.54) is 12.4 Å². The minimum Gasteiger partial charge on any atom is -0.364 e. The Kier molecular flexibility index (Phi) is 5.14. The van der Waals surface area contributed by atoms with Crippen LogP contribution in [0, 0.1) is 0 Å². The number of thiophene rings is 1. The number of anilines is 1. The monoisotopic (exact) mass is 450 g/mol. The summed E-state index contributed by atoms with van der Waals surface area (Å²) in [5.41, 5.74) is 1.98. The van der Waals surface area contributed by atoms with Gasteiger partial charge in [0.15, 0.2) is 5.65 Å². The minimum absolute atomic E-state index is 0.384. The molecule has 0 saturated heterocycles. The van der Waals surface area contributed by atoms with E-state index >= 15 is 0 Å². The normalized spacial score (nSPS) is 11.7. The number of aromatic nitrogens is 3. The van der Waals surface area contributed by atoms with Gasteiger partial charge < -0.3 is 9.88 Å². The quantitative estimate of drug-likeness (QED) is 0.321. The molecule has 0 amide bonds. The number of hydrogen-bond donors (Lipinski definition) is 1. The molecule has 0 radical (unpaired) electrons. The van der Waals surface area contributed by atoms with Gasteiger partial charge in [0.25, 0.3) is 0 Å². The average Bonchev–Trinajstić information content (AvgIpc) is 3.46. The first-order valence-electron chi connectivity index (χ1n) is 9.86. The summed E-state index contributed by atoms with van der Waals surface area (Å²) in [5.74, 6) is 0.632. The van der Waals surface area contributed by atoms with E-state index in [9.17, 15) is 13.2 Å². The van der Waals surface area contributed by atoms with Crippen LogP contribution in [-0.4, -0.2) is 14.5 Å². The number of halogens is 3. The van der Waals surface area contributed by atoms with Crippen LogP contribution in [0.5, 0.6) is 0 Å². The summed E-state index contributed by atoms with van der Waals surface area (Å²) in [5, 5.41) is 6.13. The first-order chi connectivity index (χ1) is 15.5. The van der Waals surface area contributed by atoms with Crippen molar-refractivity contribution >= 4 is 28.2 Å². The molecule has 1 N–H and O–H groups in total. The molecule has 0 unspecified atom stereocenters. The molecule has 0 bridgehead atoms. The molecule has 5 rings (SSSR count). The van der Waals surface area contributed by atoms with Crippen LogP contribution in [0.2, 0.25) is 0 Å². The zero-order chi connectivity index (χ0) is 22.1. The van der Waals surface area contributed by atoms with E-state index in [1.54, 1.807) is 22.0 Å². The van der Waals surface area contributed by atoms with Crippen LogP contribution >= 0.6 is 11.3 Å². The van der Waals surface area contributed by atoms with E-state index in [0.29, 0.717) is 23.7 Å². The Morgan fingerprint density at radius 1 is 0.938 bits per heavy atom. The molecule has 0 atom stereocenters. The van der Waals surface area contributed by atoms with Gasteiger partial charge in [-0.2, -0.15) is 13.2 Å². The lowest BCUT2D eigenvalue weighted by molar-refractivity contribution is -0.137. The highest BCUT2D eigenvalue weighted by Gasteiger charge is 2.30. The van der Waals surface area contributed by atoms with Crippen molar-refractivity contribution in [3.8, 4) is 16.8 Å². The lowest BCUT2D eigenvalue weighted by atomic mass is 10.1. The SMILES string of the molecule is FC(F)(F)c1cccc(-n2cc(-c3ccccc3)c3c(NCc4cccs4)ncnc32)c1. The van der Waals surface area contributed by atoms with Crippen LogP contribution in [0.15, 0.2) is 84.6 Å². The van der Waals surface area contributed by atoms with E-state index in [1.807, 2.05) is 54.0 Å². The Bertz CT molecular complexity index is 1360. The molecule has 0 spiro atoms. The Labute approximate surface area is 186 Å². The van der Waals surface area contributed by atoms with Crippen molar-refractivity contribution in [2.24, 2.45) is 0 Å². The van der Waals surface area contributed by atoms with Gasteiger partial charge in [-0.3, -0.25) is 0 Å². The van der Waals surface area contributed by atoms with Crippen LogP contribution in [0.1, 0.15) is 10.4 Å². The number of nitrogens with zero attached hydrogens (tertiary/aromatic N) is 3. The van der Waals surface area contributed by atoms with Gasteiger partial charge in [-0.25, -0.2) is 9.97 Å². The van der Waals surface area contributed by atoms with E-state index < -0.39 is 11.7 Å². The Morgan fingerprint density at radius 3 is 2.53 bits per heavy atom. The lowest BCUT2D eigenvalue weighted by Gasteiger charge is -2.10. The number of hydrogen-bond acceptors (Lipinski definition) is 4. The summed E-state index contributed by atoms with van der Waals surface area (Å²) >= 11 is 1.64. The third-order valence-electron chi connectivity index (χ3n) is 5.13. The molecular weight excluding hydrogens is 433 g/mol. The molecule has 0 saturated carbocycles. The van der Waals surface area contributed by atoms with Crippen LogP contribution in [0.4, 0.5) is 19.0 Å². The van der Waals surface area contributed by atoms with Crippen molar-refractivity contribution < 1.29 is 13.2 Å². The first kappa shape index (κ1) is 20.3. The summed E-state index contributed by atoms with van der Waals surface area (Å²) in [6.45, 7) is 0.590. The molecule has 3 heterocycles. The maximum Gasteiger partial charge on any atom is 0.416 e. The second-order valence-electron chi connectivity index (χ2n) is 7.18. The zero-order valence-corrected chi connectivity index (χ0v) is 17.5. The largest absolute Gasteiger partial charge is 0.416 e. The Balaban J connectivity index is 1.69. The van der Waals surface area contributed by atoms with Crippen molar-refractivity contribution in [3.63, 3.8) is 0 Å². The second kappa shape index (κ2) is 8.12. The standard InChI is InChI=1S/C24H17F3N4S/c25-24(26,27)17-8-4-9-18(12-17)31-14-20(16-6-2-1-3-7-16)21-22(29-15-30-23(21)31)28-13-19-10-5-11-32-19/h1-12,14-15H,13H2,(H,28,29,30). The van der Waals surface area contributed by atoms with Gasteiger partial charge in [-0.1, -0.05) is 42.5 Å². The van der Waals surface area contributed by atoms with Gasteiger partial charge in [-0.15, -0.1) is 11.3 Å². The van der Waals surface area contributed by atoms with Gasteiger partial charge in [0.1, 0.15) is 12.1 Å². The van der Waals surface area contributed by atoms with Crippen LogP contribution < -0.4 is 5.32 Å². The topological polar surface area (TPSA) is 42.7 Å². The fourth-order valence-electron chi connectivity index (χ4n) is 3.65. The number of benzene rings is 2. The summed E-state index contributed by atoms with van der Waals surface area (Å²) in [6.07, 6.45) is -1.18. The molecule has 160 valence electrons. The van der Waals surface area contributed by atoms with Gasteiger partial charge >= 0.3 is 6.18 Å². The second-order valence-corrected chi connectivity index (χ2v) is 8.21. The van der Waals surface area contributed by atoms with E-state index in [0.717, 1.165) is 33.5 Å². The molecule has 32 heavy (non-hydrogen) atoms. The van der Waals surface area contributed by atoms with E-state index in [2.05, 4.69) is 15.3 Å².